The molecule has 1 atom stereocenters. The standard InChI is InChI=1S/C11H17N3O/c12-8-9-3-6-14(7-4-9)11(15)10-2-1-5-13-10/h9-10,13H,1-7H2. The minimum absolute atomic E-state index is 0.0450. The zero-order valence-electron chi connectivity index (χ0n) is 8.91. The second-order valence-electron chi connectivity index (χ2n) is 4.38. The number of piperidine rings is 1. The first-order valence-corrected chi connectivity index (χ1v) is 5.73. The molecule has 1 amide bonds. The summed E-state index contributed by atoms with van der Waals surface area (Å²) < 4.78 is 0. The largest absolute Gasteiger partial charge is 0.341 e. The van der Waals surface area contributed by atoms with E-state index >= 15 is 0 Å². The highest BCUT2D eigenvalue weighted by Gasteiger charge is 2.29. The van der Waals surface area contributed by atoms with Crippen molar-refractivity contribution in [2.45, 2.75) is 31.7 Å². The van der Waals surface area contributed by atoms with Gasteiger partial charge >= 0.3 is 0 Å². The number of likely N-dealkylation sites (tertiary alicyclic amines) is 1. The molecule has 2 fully saturated rings. The fourth-order valence-corrected chi connectivity index (χ4v) is 2.34. The van der Waals surface area contributed by atoms with Crippen LogP contribution in [-0.4, -0.2) is 36.5 Å². The number of carbonyl (C=O) groups excluding carboxylic acids is 1. The van der Waals surface area contributed by atoms with Crippen LogP contribution < -0.4 is 5.32 Å². The molecule has 0 aromatic rings. The molecule has 0 aliphatic carbocycles. The normalized spacial score (nSPS) is 27.7. The first kappa shape index (κ1) is 10.4. The monoisotopic (exact) mass is 207 g/mol. The van der Waals surface area contributed by atoms with E-state index in [9.17, 15) is 4.79 Å². The number of amides is 1. The maximum absolute atomic E-state index is 12.0. The third-order valence-corrected chi connectivity index (χ3v) is 3.35. The van der Waals surface area contributed by atoms with Crippen LogP contribution in [0.2, 0.25) is 0 Å². The van der Waals surface area contributed by atoms with Gasteiger partial charge in [-0.05, 0) is 32.2 Å². The van der Waals surface area contributed by atoms with Crippen LogP contribution in [0.5, 0.6) is 0 Å². The highest BCUT2D eigenvalue weighted by Crippen LogP contribution is 2.18. The van der Waals surface area contributed by atoms with Crippen LogP contribution in [0.1, 0.15) is 25.7 Å². The van der Waals surface area contributed by atoms with Crippen molar-refractivity contribution < 1.29 is 4.79 Å². The van der Waals surface area contributed by atoms with Crippen molar-refractivity contribution in [3.8, 4) is 6.07 Å². The van der Waals surface area contributed by atoms with E-state index in [4.69, 9.17) is 5.26 Å². The Bertz CT molecular complexity index is 270. The van der Waals surface area contributed by atoms with Gasteiger partial charge in [-0.3, -0.25) is 4.79 Å². The highest BCUT2D eigenvalue weighted by atomic mass is 16.2. The molecule has 0 radical (unpaired) electrons. The summed E-state index contributed by atoms with van der Waals surface area (Å²) in [5.74, 6) is 0.398. The van der Waals surface area contributed by atoms with Crippen LogP contribution in [0.15, 0.2) is 0 Å². The molecule has 0 bridgehead atoms. The van der Waals surface area contributed by atoms with Crippen molar-refractivity contribution in [1.29, 1.82) is 5.26 Å². The molecular formula is C11H17N3O. The van der Waals surface area contributed by atoms with Crippen LogP contribution in [0.3, 0.4) is 0 Å². The molecule has 1 unspecified atom stereocenters. The van der Waals surface area contributed by atoms with E-state index in [1.165, 1.54) is 0 Å². The Labute approximate surface area is 90.2 Å². The summed E-state index contributed by atoms with van der Waals surface area (Å²) in [6, 6.07) is 2.32. The lowest BCUT2D eigenvalue weighted by Crippen LogP contribution is -2.46. The fourth-order valence-electron chi connectivity index (χ4n) is 2.34. The quantitative estimate of drug-likeness (QED) is 0.681. The van der Waals surface area contributed by atoms with Gasteiger partial charge in [0.1, 0.15) is 0 Å². The van der Waals surface area contributed by atoms with Crippen LogP contribution in [0.25, 0.3) is 0 Å². The number of rotatable bonds is 1. The first-order chi connectivity index (χ1) is 7.31. The van der Waals surface area contributed by atoms with Gasteiger partial charge in [-0.1, -0.05) is 0 Å². The minimum atomic E-state index is 0.0450. The van der Waals surface area contributed by atoms with Crippen molar-refractivity contribution in [3.05, 3.63) is 0 Å². The number of nitrogens with zero attached hydrogens (tertiary/aromatic N) is 2. The molecule has 15 heavy (non-hydrogen) atoms. The predicted molar refractivity (Wildman–Crippen MR) is 55.9 cm³/mol. The zero-order valence-corrected chi connectivity index (χ0v) is 8.91. The summed E-state index contributed by atoms with van der Waals surface area (Å²) in [6.07, 6.45) is 3.76. The van der Waals surface area contributed by atoms with E-state index in [2.05, 4.69) is 11.4 Å². The highest BCUT2D eigenvalue weighted by molar-refractivity contribution is 5.82. The molecule has 4 heteroatoms. The van der Waals surface area contributed by atoms with Gasteiger partial charge in [-0.2, -0.15) is 5.26 Å². The predicted octanol–water partition coefficient (Wildman–Crippen LogP) is 0.501. The Balaban J connectivity index is 1.84. The molecular weight excluding hydrogens is 190 g/mol. The van der Waals surface area contributed by atoms with Crippen molar-refractivity contribution in [3.63, 3.8) is 0 Å². The van der Waals surface area contributed by atoms with Gasteiger partial charge in [-0.25, -0.2) is 0 Å². The van der Waals surface area contributed by atoms with E-state index in [0.29, 0.717) is 0 Å². The van der Waals surface area contributed by atoms with Gasteiger partial charge in [0.15, 0.2) is 0 Å². The molecule has 2 aliphatic heterocycles. The Morgan fingerprint density at radius 2 is 2.07 bits per heavy atom. The molecule has 1 N–H and O–H groups in total. The fraction of sp³-hybridized carbons (Fsp3) is 0.818. The van der Waals surface area contributed by atoms with Gasteiger partial charge in [0.05, 0.1) is 12.1 Å². The maximum atomic E-state index is 12.0. The SMILES string of the molecule is N#CC1CCN(C(=O)C2CCCN2)CC1. The second kappa shape index (κ2) is 4.63. The van der Waals surface area contributed by atoms with Gasteiger partial charge in [0.2, 0.25) is 5.91 Å². The molecule has 2 aliphatic rings. The van der Waals surface area contributed by atoms with E-state index in [1.54, 1.807) is 0 Å². The summed E-state index contributed by atoms with van der Waals surface area (Å²) in [5, 5.41) is 12.0. The average Bonchev–Trinajstić information content (AvgIpc) is 2.82. The van der Waals surface area contributed by atoms with Gasteiger partial charge in [0, 0.05) is 19.0 Å². The van der Waals surface area contributed by atoms with Crippen molar-refractivity contribution in [1.82, 2.24) is 10.2 Å². The lowest BCUT2D eigenvalue weighted by Gasteiger charge is -2.31. The van der Waals surface area contributed by atoms with E-state index in [1.807, 2.05) is 4.90 Å². The topological polar surface area (TPSA) is 56.1 Å². The molecule has 0 aromatic heterocycles. The van der Waals surface area contributed by atoms with Crippen LogP contribution in [0.4, 0.5) is 0 Å². The number of nitrogens with one attached hydrogen (secondary N) is 1. The van der Waals surface area contributed by atoms with E-state index < -0.39 is 0 Å². The number of nitriles is 1. The molecule has 2 heterocycles. The summed E-state index contributed by atoms with van der Waals surface area (Å²) >= 11 is 0. The Hall–Kier alpha value is -1.08. The lowest BCUT2D eigenvalue weighted by atomic mass is 9.98. The molecule has 4 nitrogen and oxygen atoms in total. The molecule has 82 valence electrons. The van der Waals surface area contributed by atoms with Crippen molar-refractivity contribution >= 4 is 5.91 Å². The lowest BCUT2D eigenvalue weighted by molar-refractivity contribution is -0.134. The van der Waals surface area contributed by atoms with Crippen LogP contribution in [0, 0.1) is 17.2 Å². The molecule has 0 spiro atoms. The summed E-state index contributed by atoms with van der Waals surface area (Å²) in [4.78, 5) is 13.9. The van der Waals surface area contributed by atoms with Crippen molar-refractivity contribution in [2.24, 2.45) is 5.92 Å². The summed E-state index contributed by atoms with van der Waals surface area (Å²) in [5.41, 5.74) is 0. The summed E-state index contributed by atoms with van der Waals surface area (Å²) in [6.45, 7) is 2.48. The van der Waals surface area contributed by atoms with E-state index in [0.717, 1.165) is 45.3 Å². The van der Waals surface area contributed by atoms with E-state index in [-0.39, 0.29) is 17.9 Å². The number of hydrogen-bond donors (Lipinski definition) is 1. The molecule has 0 saturated carbocycles. The van der Waals surface area contributed by atoms with Crippen LogP contribution >= 0.6 is 0 Å². The average molecular weight is 207 g/mol. The molecule has 2 rings (SSSR count). The van der Waals surface area contributed by atoms with Crippen LogP contribution in [-0.2, 0) is 4.79 Å². The zero-order chi connectivity index (χ0) is 10.7. The Morgan fingerprint density at radius 3 is 2.60 bits per heavy atom. The Morgan fingerprint density at radius 1 is 1.33 bits per heavy atom. The van der Waals surface area contributed by atoms with Gasteiger partial charge in [-0.15, -0.1) is 0 Å². The Kier molecular flexibility index (Phi) is 3.22. The third kappa shape index (κ3) is 2.29. The summed E-state index contributed by atoms with van der Waals surface area (Å²) in [7, 11) is 0. The van der Waals surface area contributed by atoms with Crippen molar-refractivity contribution in [2.75, 3.05) is 19.6 Å². The second-order valence-corrected chi connectivity index (χ2v) is 4.38. The number of carbonyl (C=O) groups is 1. The molecule has 0 aromatic carbocycles. The van der Waals surface area contributed by atoms with Gasteiger partial charge in [0.25, 0.3) is 0 Å². The minimum Gasteiger partial charge on any atom is -0.341 e. The maximum Gasteiger partial charge on any atom is 0.239 e. The number of hydrogen-bond acceptors (Lipinski definition) is 3. The first-order valence-electron chi connectivity index (χ1n) is 5.73. The third-order valence-electron chi connectivity index (χ3n) is 3.35. The molecule has 2 saturated heterocycles. The van der Waals surface area contributed by atoms with Gasteiger partial charge < -0.3 is 10.2 Å². The smallest absolute Gasteiger partial charge is 0.239 e.